The number of carbonyl (C=O) groups is 6. The number of rotatable bonds is 12. The summed E-state index contributed by atoms with van der Waals surface area (Å²) >= 11 is 0. The third kappa shape index (κ3) is 6.58. The molecule has 6 N–H and O–H groups in total. The minimum Gasteiger partial charge on any atom is -0.481 e. The number of carboxylic acids is 6. The maximum absolute atomic E-state index is 11.4. The Morgan fingerprint density at radius 3 is 0.500 bits per heavy atom. The fraction of sp³-hybridized carbons (Fsp3) is 0.333. The van der Waals surface area contributed by atoms with Gasteiger partial charge in [0.15, 0.2) is 0 Å². The smallest absolute Gasteiger partial charge is 0.307 e. The van der Waals surface area contributed by atoms with Crippen molar-refractivity contribution in [2.24, 2.45) is 0 Å². The maximum atomic E-state index is 11.4. The van der Waals surface area contributed by atoms with Crippen LogP contribution in [0.15, 0.2) is 0 Å². The first-order valence-corrected chi connectivity index (χ1v) is 8.31. The first-order chi connectivity index (χ1) is 13.8. The first-order valence-electron chi connectivity index (χ1n) is 8.31. The highest BCUT2D eigenvalue weighted by Gasteiger charge is 2.29. The summed E-state index contributed by atoms with van der Waals surface area (Å²) < 4.78 is 0. The van der Waals surface area contributed by atoms with Crippen molar-refractivity contribution >= 4 is 35.8 Å². The lowest BCUT2D eigenvalue weighted by atomic mass is 9.80. The van der Waals surface area contributed by atoms with Crippen LogP contribution in [0.4, 0.5) is 0 Å². The second kappa shape index (κ2) is 10.0. The second-order valence-electron chi connectivity index (χ2n) is 6.29. The first kappa shape index (κ1) is 24.1. The molecule has 0 bridgehead atoms. The molecule has 0 amide bonds. The van der Waals surface area contributed by atoms with Crippen LogP contribution < -0.4 is 0 Å². The molecule has 12 heteroatoms. The van der Waals surface area contributed by atoms with Gasteiger partial charge in [-0.3, -0.25) is 28.8 Å². The van der Waals surface area contributed by atoms with Crippen LogP contribution in [0.5, 0.6) is 0 Å². The summed E-state index contributed by atoms with van der Waals surface area (Å²) in [6, 6.07) is 0. The fourth-order valence-electron chi connectivity index (χ4n) is 3.28. The molecule has 12 nitrogen and oxygen atoms in total. The third-order valence-corrected chi connectivity index (χ3v) is 4.15. The minimum absolute atomic E-state index is 0.339. The van der Waals surface area contributed by atoms with Crippen molar-refractivity contribution in [1.82, 2.24) is 0 Å². The molecule has 0 radical (unpaired) electrons. The molecule has 0 saturated heterocycles. The van der Waals surface area contributed by atoms with E-state index in [-0.39, 0.29) is 33.4 Å². The van der Waals surface area contributed by atoms with Gasteiger partial charge >= 0.3 is 35.8 Å². The summed E-state index contributed by atoms with van der Waals surface area (Å²) in [6.45, 7) is 0. The number of hydrogen-bond acceptors (Lipinski definition) is 6. The van der Waals surface area contributed by atoms with Gasteiger partial charge in [0.2, 0.25) is 0 Å². The van der Waals surface area contributed by atoms with Crippen LogP contribution in [-0.2, 0) is 67.3 Å². The van der Waals surface area contributed by atoms with E-state index in [0.717, 1.165) is 0 Å². The predicted octanol–water partition coefficient (Wildman–Crippen LogP) is -0.551. The quantitative estimate of drug-likeness (QED) is 0.247. The van der Waals surface area contributed by atoms with Gasteiger partial charge < -0.3 is 30.6 Å². The summed E-state index contributed by atoms with van der Waals surface area (Å²) in [6.07, 6.45) is -5.43. The standard InChI is InChI=1S/C18H18O12/c19-13(20)1-7-8(2-14(21)22)10(4-16(25)26)12(6-18(29)30)11(5-17(27)28)9(7)3-15(23)24/h1-6H2,(H,19,20)(H,21,22)(H,23,24)(H,25,26)(H,27,28)(H,29,30). The molecule has 0 spiro atoms. The van der Waals surface area contributed by atoms with Gasteiger partial charge in [0, 0.05) is 0 Å². The third-order valence-electron chi connectivity index (χ3n) is 4.15. The molecule has 0 aliphatic rings. The van der Waals surface area contributed by atoms with E-state index in [1.54, 1.807) is 0 Å². The number of carboxylic acid groups (broad SMARTS) is 6. The zero-order valence-electron chi connectivity index (χ0n) is 15.4. The monoisotopic (exact) mass is 426 g/mol. The largest absolute Gasteiger partial charge is 0.481 e. The molecule has 1 aromatic carbocycles. The Bertz CT molecular complexity index is 714. The van der Waals surface area contributed by atoms with E-state index in [9.17, 15) is 59.4 Å². The van der Waals surface area contributed by atoms with Gasteiger partial charge in [-0.25, -0.2) is 0 Å². The molecule has 0 aliphatic carbocycles. The van der Waals surface area contributed by atoms with E-state index in [2.05, 4.69) is 0 Å². The molecule has 0 heterocycles. The second-order valence-corrected chi connectivity index (χ2v) is 6.29. The number of aliphatic carboxylic acids is 6. The molecule has 0 saturated carbocycles. The minimum atomic E-state index is -1.50. The molecule has 162 valence electrons. The van der Waals surface area contributed by atoms with Gasteiger partial charge in [0.25, 0.3) is 0 Å². The van der Waals surface area contributed by atoms with E-state index >= 15 is 0 Å². The summed E-state index contributed by atoms with van der Waals surface area (Å²) in [4.78, 5) is 68.1. The van der Waals surface area contributed by atoms with Crippen LogP contribution in [0.3, 0.4) is 0 Å². The van der Waals surface area contributed by atoms with E-state index < -0.39 is 74.3 Å². The molecular weight excluding hydrogens is 408 g/mol. The van der Waals surface area contributed by atoms with Crippen molar-refractivity contribution in [3.05, 3.63) is 33.4 Å². The van der Waals surface area contributed by atoms with E-state index in [1.165, 1.54) is 0 Å². The fourth-order valence-corrected chi connectivity index (χ4v) is 3.28. The normalized spacial score (nSPS) is 10.4. The highest BCUT2D eigenvalue weighted by molar-refractivity contribution is 5.84. The van der Waals surface area contributed by atoms with Crippen LogP contribution in [-0.4, -0.2) is 66.5 Å². The van der Waals surface area contributed by atoms with Crippen molar-refractivity contribution < 1.29 is 59.4 Å². The van der Waals surface area contributed by atoms with Gasteiger partial charge in [-0.1, -0.05) is 0 Å². The average molecular weight is 426 g/mol. The van der Waals surface area contributed by atoms with Crippen molar-refractivity contribution in [2.75, 3.05) is 0 Å². The molecular formula is C18H18O12. The van der Waals surface area contributed by atoms with Crippen LogP contribution in [0.2, 0.25) is 0 Å². The Morgan fingerprint density at radius 1 is 0.333 bits per heavy atom. The Labute approximate surface area is 168 Å². The molecule has 0 fully saturated rings. The van der Waals surface area contributed by atoms with Gasteiger partial charge in [-0.05, 0) is 33.4 Å². The predicted molar refractivity (Wildman–Crippen MR) is 94.5 cm³/mol. The Balaban J connectivity index is 4.20. The van der Waals surface area contributed by atoms with Crippen molar-refractivity contribution in [3.63, 3.8) is 0 Å². The molecule has 0 aliphatic heterocycles. The Kier molecular flexibility index (Phi) is 8.03. The molecule has 1 rings (SSSR count). The van der Waals surface area contributed by atoms with E-state index in [0.29, 0.717) is 0 Å². The highest BCUT2D eigenvalue weighted by Crippen LogP contribution is 2.32. The van der Waals surface area contributed by atoms with Crippen LogP contribution >= 0.6 is 0 Å². The van der Waals surface area contributed by atoms with Gasteiger partial charge in [0.05, 0.1) is 38.5 Å². The SMILES string of the molecule is O=C(O)Cc1c(CC(=O)O)c(CC(=O)O)c(CC(=O)O)c(CC(=O)O)c1CC(=O)O. The molecule has 0 atom stereocenters. The molecule has 0 unspecified atom stereocenters. The van der Waals surface area contributed by atoms with Crippen molar-refractivity contribution in [1.29, 1.82) is 0 Å². The topological polar surface area (TPSA) is 224 Å². The van der Waals surface area contributed by atoms with Crippen LogP contribution in [0.1, 0.15) is 33.4 Å². The maximum Gasteiger partial charge on any atom is 0.307 e. The summed E-state index contributed by atoms with van der Waals surface area (Å²) in [7, 11) is 0. The van der Waals surface area contributed by atoms with Crippen molar-refractivity contribution in [2.45, 2.75) is 38.5 Å². The zero-order valence-corrected chi connectivity index (χ0v) is 15.4. The lowest BCUT2D eigenvalue weighted by molar-refractivity contribution is -0.138. The summed E-state index contributed by atoms with van der Waals surface area (Å²) in [5.74, 6) is -8.99. The van der Waals surface area contributed by atoms with Crippen molar-refractivity contribution in [3.8, 4) is 0 Å². The molecule has 1 aromatic rings. The Hall–Kier alpha value is -3.96. The molecule has 0 aromatic heterocycles. The number of hydrogen-bond donors (Lipinski definition) is 6. The lowest BCUT2D eigenvalue weighted by Crippen LogP contribution is -2.23. The van der Waals surface area contributed by atoms with Gasteiger partial charge in [-0.2, -0.15) is 0 Å². The average Bonchev–Trinajstić information content (AvgIpc) is 2.55. The van der Waals surface area contributed by atoms with Crippen LogP contribution in [0.25, 0.3) is 0 Å². The zero-order chi connectivity index (χ0) is 23.2. The summed E-state index contributed by atoms with van der Waals surface area (Å²) in [5.41, 5.74) is -2.03. The van der Waals surface area contributed by atoms with Crippen LogP contribution in [0, 0.1) is 0 Å². The lowest BCUT2D eigenvalue weighted by Gasteiger charge is -2.24. The highest BCUT2D eigenvalue weighted by atomic mass is 16.4. The number of benzene rings is 1. The van der Waals surface area contributed by atoms with Gasteiger partial charge in [-0.15, -0.1) is 0 Å². The van der Waals surface area contributed by atoms with Gasteiger partial charge in [0.1, 0.15) is 0 Å². The van der Waals surface area contributed by atoms with E-state index in [4.69, 9.17) is 0 Å². The van der Waals surface area contributed by atoms with E-state index in [1.807, 2.05) is 0 Å². The Morgan fingerprint density at radius 2 is 0.433 bits per heavy atom. The molecule has 30 heavy (non-hydrogen) atoms. The summed E-state index contributed by atoms with van der Waals surface area (Å²) in [5, 5.41) is 55.3.